The van der Waals surface area contributed by atoms with Crippen molar-refractivity contribution in [2.75, 3.05) is 0 Å². The van der Waals surface area contributed by atoms with Crippen molar-refractivity contribution in [1.29, 1.82) is 0 Å². The molecule has 0 saturated heterocycles. The van der Waals surface area contributed by atoms with Crippen LogP contribution in [0.5, 0.6) is 5.75 Å². The Labute approximate surface area is 143 Å². The standard InChI is InChI=1S/C14H12Cl3NO3S/c1-8(9-2-10(15)4-11(16)3-9)22(20,21)7-13-14(19)5-12(17)6-18-13/h2-6,8,19H,7H2,1H3/t8-/m0/s1. The second-order valence-corrected chi connectivity index (χ2v) is 8.40. The normalized spacial score (nSPS) is 13.1. The van der Waals surface area contributed by atoms with E-state index in [9.17, 15) is 13.5 Å². The molecule has 0 aliphatic heterocycles. The van der Waals surface area contributed by atoms with Crippen LogP contribution >= 0.6 is 34.8 Å². The number of sulfone groups is 1. The first-order valence-electron chi connectivity index (χ1n) is 6.20. The molecule has 4 nitrogen and oxygen atoms in total. The summed E-state index contributed by atoms with van der Waals surface area (Å²) in [4.78, 5) is 3.86. The van der Waals surface area contributed by atoms with Gasteiger partial charge in [-0.1, -0.05) is 34.8 Å². The summed E-state index contributed by atoms with van der Waals surface area (Å²) < 4.78 is 25.0. The quantitative estimate of drug-likeness (QED) is 0.852. The summed E-state index contributed by atoms with van der Waals surface area (Å²) in [6.07, 6.45) is 1.28. The molecule has 2 rings (SSSR count). The second kappa shape index (κ2) is 6.62. The van der Waals surface area contributed by atoms with E-state index in [2.05, 4.69) is 4.98 Å². The van der Waals surface area contributed by atoms with Gasteiger partial charge in [0.2, 0.25) is 0 Å². The van der Waals surface area contributed by atoms with Crippen molar-refractivity contribution in [2.45, 2.75) is 17.9 Å². The molecule has 0 radical (unpaired) electrons. The van der Waals surface area contributed by atoms with Gasteiger partial charge in [0.25, 0.3) is 0 Å². The fourth-order valence-electron chi connectivity index (χ4n) is 1.90. The van der Waals surface area contributed by atoms with Crippen LogP contribution in [0.25, 0.3) is 0 Å². The Morgan fingerprint density at radius 2 is 1.68 bits per heavy atom. The molecule has 1 heterocycles. The van der Waals surface area contributed by atoms with Crippen LogP contribution in [-0.2, 0) is 15.6 Å². The van der Waals surface area contributed by atoms with Crippen LogP contribution in [0.15, 0.2) is 30.5 Å². The van der Waals surface area contributed by atoms with Gasteiger partial charge in [0.15, 0.2) is 9.84 Å². The molecule has 1 aromatic carbocycles. The van der Waals surface area contributed by atoms with Gasteiger partial charge in [0.05, 0.1) is 21.7 Å². The minimum atomic E-state index is -3.62. The molecule has 0 spiro atoms. The molecule has 118 valence electrons. The van der Waals surface area contributed by atoms with Crippen molar-refractivity contribution in [3.8, 4) is 5.75 Å². The van der Waals surface area contributed by atoms with Crippen molar-refractivity contribution in [2.24, 2.45) is 0 Å². The van der Waals surface area contributed by atoms with Gasteiger partial charge in [-0.25, -0.2) is 8.42 Å². The van der Waals surface area contributed by atoms with E-state index in [1.165, 1.54) is 25.3 Å². The minimum absolute atomic E-state index is 0.0457. The Morgan fingerprint density at radius 3 is 2.23 bits per heavy atom. The number of aromatic hydroxyl groups is 1. The van der Waals surface area contributed by atoms with Crippen LogP contribution in [0.1, 0.15) is 23.4 Å². The SMILES string of the molecule is C[C@@H](c1cc(Cl)cc(Cl)c1)S(=O)(=O)Cc1ncc(Cl)cc1O. The Balaban J connectivity index is 2.33. The Morgan fingerprint density at radius 1 is 1.09 bits per heavy atom. The fraction of sp³-hybridized carbons (Fsp3) is 0.214. The summed E-state index contributed by atoms with van der Waals surface area (Å²) in [5, 5.41) is 9.84. The van der Waals surface area contributed by atoms with E-state index in [0.29, 0.717) is 15.6 Å². The molecule has 0 bridgehead atoms. The predicted molar refractivity (Wildman–Crippen MR) is 88.4 cm³/mol. The van der Waals surface area contributed by atoms with Crippen LogP contribution in [0, 0.1) is 0 Å². The molecule has 1 aromatic heterocycles. The van der Waals surface area contributed by atoms with E-state index in [1.54, 1.807) is 12.1 Å². The van der Waals surface area contributed by atoms with Crippen molar-refractivity contribution in [1.82, 2.24) is 4.98 Å². The third-order valence-electron chi connectivity index (χ3n) is 3.14. The van der Waals surface area contributed by atoms with Crippen molar-refractivity contribution in [3.63, 3.8) is 0 Å². The van der Waals surface area contributed by atoms with Crippen molar-refractivity contribution in [3.05, 3.63) is 56.8 Å². The molecule has 8 heteroatoms. The maximum atomic E-state index is 12.5. The highest BCUT2D eigenvalue weighted by molar-refractivity contribution is 7.90. The summed E-state index contributed by atoms with van der Waals surface area (Å²) in [6.45, 7) is 1.53. The van der Waals surface area contributed by atoms with Crippen LogP contribution in [0.2, 0.25) is 15.1 Å². The molecule has 0 aliphatic carbocycles. The first kappa shape index (κ1) is 17.3. The fourth-order valence-corrected chi connectivity index (χ4v) is 4.00. The number of benzene rings is 1. The van der Waals surface area contributed by atoms with Gasteiger partial charge < -0.3 is 5.11 Å². The number of rotatable bonds is 4. The highest BCUT2D eigenvalue weighted by atomic mass is 35.5. The average molecular weight is 381 g/mol. The maximum Gasteiger partial charge on any atom is 0.162 e. The lowest BCUT2D eigenvalue weighted by atomic mass is 10.2. The number of hydrogen-bond acceptors (Lipinski definition) is 4. The molecule has 1 atom stereocenters. The first-order chi connectivity index (χ1) is 10.2. The molecule has 2 aromatic rings. The number of pyridine rings is 1. The lowest BCUT2D eigenvalue weighted by Gasteiger charge is -2.14. The second-order valence-electron chi connectivity index (χ2n) is 4.77. The van der Waals surface area contributed by atoms with Gasteiger partial charge in [0, 0.05) is 22.3 Å². The third-order valence-corrected chi connectivity index (χ3v) is 5.81. The van der Waals surface area contributed by atoms with Gasteiger partial charge in [-0.2, -0.15) is 0 Å². The molecular weight excluding hydrogens is 369 g/mol. The Kier molecular flexibility index (Phi) is 5.22. The Bertz CT molecular complexity index is 789. The van der Waals surface area contributed by atoms with Crippen LogP contribution < -0.4 is 0 Å². The zero-order valence-corrected chi connectivity index (χ0v) is 14.5. The number of halogens is 3. The van der Waals surface area contributed by atoms with Crippen LogP contribution in [0.3, 0.4) is 0 Å². The smallest absolute Gasteiger partial charge is 0.162 e. The Hall–Kier alpha value is -1.01. The van der Waals surface area contributed by atoms with Gasteiger partial charge >= 0.3 is 0 Å². The van der Waals surface area contributed by atoms with E-state index in [0.717, 1.165) is 0 Å². The van der Waals surface area contributed by atoms with Crippen LogP contribution in [-0.4, -0.2) is 18.5 Å². The topological polar surface area (TPSA) is 67.3 Å². The van der Waals surface area contributed by atoms with Crippen LogP contribution in [0.4, 0.5) is 0 Å². The molecule has 0 unspecified atom stereocenters. The zero-order valence-electron chi connectivity index (χ0n) is 11.4. The lowest BCUT2D eigenvalue weighted by molar-refractivity contribution is 0.466. The minimum Gasteiger partial charge on any atom is -0.506 e. The van der Waals surface area contributed by atoms with E-state index in [-0.39, 0.29) is 16.5 Å². The van der Waals surface area contributed by atoms with E-state index in [1.807, 2.05) is 0 Å². The molecular formula is C14H12Cl3NO3S. The first-order valence-corrected chi connectivity index (χ1v) is 9.05. The van der Waals surface area contributed by atoms with E-state index >= 15 is 0 Å². The third kappa shape index (κ3) is 4.04. The zero-order chi connectivity index (χ0) is 16.5. The van der Waals surface area contributed by atoms with E-state index < -0.39 is 20.8 Å². The van der Waals surface area contributed by atoms with Gasteiger partial charge in [-0.05, 0) is 30.7 Å². The molecule has 22 heavy (non-hydrogen) atoms. The number of nitrogens with zero attached hydrogens (tertiary/aromatic N) is 1. The largest absolute Gasteiger partial charge is 0.506 e. The number of aromatic nitrogens is 1. The summed E-state index contributed by atoms with van der Waals surface area (Å²) in [7, 11) is -3.62. The lowest BCUT2D eigenvalue weighted by Crippen LogP contribution is -2.14. The van der Waals surface area contributed by atoms with Crippen molar-refractivity contribution < 1.29 is 13.5 Å². The molecule has 0 saturated carbocycles. The van der Waals surface area contributed by atoms with Crippen molar-refractivity contribution >= 4 is 44.6 Å². The molecule has 0 fully saturated rings. The molecule has 0 amide bonds. The highest BCUT2D eigenvalue weighted by Crippen LogP contribution is 2.31. The van der Waals surface area contributed by atoms with Gasteiger partial charge in [-0.3, -0.25) is 4.98 Å². The predicted octanol–water partition coefficient (Wildman–Crippen LogP) is 4.42. The molecule has 1 N–H and O–H groups in total. The summed E-state index contributed by atoms with van der Waals surface area (Å²) in [5.74, 6) is -0.672. The van der Waals surface area contributed by atoms with Gasteiger partial charge in [-0.15, -0.1) is 0 Å². The highest BCUT2D eigenvalue weighted by Gasteiger charge is 2.25. The summed E-state index contributed by atoms with van der Waals surface area (Å²) >= 11 is 17.5. The summed E-state index contributed by atoms with van der Waals surface area (Å²) in [5.41, 5.74) is 0.523. The number of hydrogen-bond donors (Lipinski definition) is 1. The van der Waals surface area contributed by atoms with Gasteiger partial charge in [0.1, 0.15) is 5.75 Å². The monoisotopic (exact) mass is 379 g/mol. The summed E-state index contributed by atoms with van der Waals surface area (Å²) in [6, 6.07) is 5.87. The maximum absolute atomic E-state index is 12.5. The van der Waals surface area contributed by atoms with E-state index in [4.69, 9.17) is 34.8 Å². The average Bonchev–Trinajstić information content (AvgIpc) is 2.40. The molecule has 0 aliphatic rings.